The van der Waals surface area contributed by atoms with Gasteiger partial charge in [0.1, 0.15) is 19.3 Å². The first-order valence-corrected chi connectivity index (χ1v) is 11.8. The first-order chi connectivity index (χ1) is 18.0. The van der Waals surface area contributed by atoms with Crippen LogP contribution < -0.4 is 5.32 Å². The summed E-state index contributed by atoms with van der Waals surface area (Å²) in [5, 5.41) is 13.2. The van der Waals surface area contributed by atoms with Crippen molar-refractivity contribution in [3.8, 4) is 0 Å². The van der Waals surface area contributed by atoms with Gasteiger partial charge in [0.15, 0.2) is 12.4 Å². The van der Waals surface area contributed by atoms with Crippen molar-refractivity contribution in [2.75, 3.05) is 6.61 Å². The Morgan fingerprint density at radius 2 is 1.38 bits per heavy atom. The molecule has 0 spiro atoms. The molecule has 4 rings (SSSR count). The molecule has 1 saturated heterocycles. The first kappa shape index (κ1) is 25.9. The number of carbonyl (C=O) groups excluding carboxylic acids is 3. The average molecular weight is 506 g/mol. The highest BCUT2D eigenvalue weighted by Crippen LogP contribution is 2.24. The lowest BCUT2D eigenvalue weighted by molar-refractivity contribution is -0.229. The molecule has 2 N–H and O–H groups in total. The van der Waals surface area contributed by atoms with Crippen molar-refractivity contribution in [2.45, 2.75) is 37.6 Å². The van der Waals surface area contributed by atoms with Gasteiger partial charge in [-0.15, -0.1) is 0 Å². The fourth-order valence-electron chi connectivity index (χ4n) is 3.80. The van der Waals surface area contributed by atoms with Crippen LogP contribution in [-0.2, 0) is 25.6 Å². The number of esters is 2. The molecule has 0 aromatic heterocycles. The zero-order valence-electron chi connectivity index (χ0n) is 19.9. The van der Waals surface area contributed by atoms with Gasteiger partial charge in [-0.05, 0) is 29.8 Å². The first-order valence-electron chi connectivity index (χ1n) is 11.8. The summed E-state index contributed by atoms with van der Waals surface area (Å²) in [6.07, 6.45) is -4.21. The lowest BCUT2D eigenvalue weighted by Gasteiger charge is -2.38. The fourth-order valence-corrected chi connectivity index (χ4v) is 3.80. The van der Waals surface area contributed by atoms with E-state index in [1.807, 2.05) is 30.3 Å². The molecule has 0 aliphatic carbocycles. The third kappa shape index (κ3) is 7.39. The van der Waals surface area contributed by atoms with Crippen molar-refractivity contribution in [3.63, 3.8) is 0 Å². The summed E-state index contributed by atoms with van der Waals surface area (Å²) in [5.74, 6) is -1.23. The normalized spacial score (nSPS) is 20.9. The van der Waals surface area contributed by atoms with Crippen LogP contribution in [0.4, 0.5) is 4.79 Å². The Bertz CT molecular complexity index is 1170. The van der Waals surface area contributed by atoms with E-state index >= 15 is 0 Å². The van der Waals surface area contributed by atoms with Gasteiger partial charge >= 0.3 is 18.0 Å². The van der Waals surface area contributed by atoms with E-state index in [9.17, 15) is 19.5 Å². The third-order valence-corrected chi connectivity index (χ3v) is 5.74. The standard InChI is InChI=1S/C28H27NO8/c30-25(20-12-6-2-7-13-20)34-18-24-22(29-28(33)35-17-19-10-4-1-5-11-19)16-23(27(32)37-24)36-26(31)21-14-8-3-9-15-21/h1-15,22-24,27,32H,16-18H2,(H,29,33)/t22-,23?,24?,27-/m0/s1. The minimum absolute atomic E-state index is 0.00767. The van der Waals surface area contributed by atoms with E-state index in [4.69, 9.17) is 18.9 Å². The topological polar surface area (TPSA) is 120 Å². The van der Waals surface area contributed by atoms with Gasteiger partial charge in [0.2, 0.25) is 0 Å². The van der Waals surface area contributed by atoms with Gasteiger partial charge in [-0.1, -0.05) is 66.7 Å². The minimum Gasteiger partial charge on any atom is -0.459 e. The number of hydrogen-bond acceptors (Lipinski definition) is 8. The molecule has 0 bridgehead atoms. The molecule has 4 atom stereocenters. The van der Waals surface area contributed by atoms with Crippen molar-refractivity contribution in [3.05, 3.63) is 108 Å². The Kier molecular flexibility index (Phi) is 8.85. The summed E-state index contributed by atoms with van der Waals surface area (Å²) in [5.41, 5.74) is 1.46. The van der Waals surface area contributed by atoms with Gasteiger partial charge in [0.25, 0.3) is 0 Å². The number of nitrogens with one attached hydrogen (secondary N) is 1. The van der Waals surface area contributed by atoms with Crippen LogP contribution in [0.25, 0.3) is 0 Å². The Morgan fingerprint density at radius 1 is 0.811 bits per heavy atom. The molecule has 9 heteroatoms. The van der Waals surface area contributed by atoms with E-state index in [-0.39, 0.29) is 19.6 Å². The van der Waals surface area contributed by atoms with Crippen LogP contribution in [0.1, 0.15) is 32.7 Å². The lowest BCUT2D eigenvalue weighted by atomic mass is 9.99. The van der Waals surface area contributed by atoms with Crippen molar-refractivity contribution in [1.29, 1.82) is 0 Å². The van der Waals surface area contributed by atoms with Gasteiger partial charge < -0.3 is 29.4 Å². The van der Waals surface area contributed by atoms with E-state index in [2.05, 4.69) is 5.32 Å². The van der Waals surface area contributed by atoms with Crippen LogP contribution in [0.3, 0.4) is 0 Å². The smallest absolute Gasteiger partial charge is 0.407 e. The zero-order valence-corrected chi connectivity index (χ0v) is 19.9. The molecular formula is C28H27NO8. The second-order valence-electron chi connectivity index (χ2n) is 8.39. The van der Waals surface area contributed by atoms with Crippen LogP contribution in [0.5, 0.6) is 0 Å². The van der Waals surface area contributed by atoms with Crippen molar-refractivity contribution < 1.29 is 38.4 Å². The number of rotatable bonds is 8. The molecule has 9 nitrogen and oxygen atoms in total. The maximum Gasteiger partial charge on any atom is 0.407 e. The second-order valence-corrected chi connectivity index (χ2v) is 8.39. The summed E-state index contributed by atoms with van der Waals surface area (Å²) in [6.45, 7) is -0.212. The molecule has 3 aromatic rings. The fraction of sp³-hybridized carbons (Fsp3) is 0.250. The van der Waals surface area contributed by atoms with Gasteiger partial charge in [-0.3, -0.25) is 0 Å². The van der Waals surface area contributed by atoms with Crippen molar-refractivity contribution in [1.82, 2.24) is 5.32 Å². The molecule has 3 aromatic carbocycles. The molecule has 0 saturated carbocycles. The number of ether oxygens (including phenoxy) is 4. The van der Waals surface area contributed by atoms with Gasteiger partial charge in [0.05, 0.1) is 17.2 Å². The SMILES string of the molecule is O=C(N[C@H]1CC(OC(=O)c2ccccc2)[C@@H](O)OC1COC(=O)c1ccccc1)OCc1ccccc1. The zero-order chi connectivity index (χ0) is 26.0. The number of aliphatic hydroxyl groups excluding tert-OH is 1. The molecule has 1 aliphatic rings. The highest BCUT2D eigenvalue weighted by molar-refractivity contribution is 5.89. The van der Waals surface area contributed by atoms with Gasteiger partial charge in [-0.2, -0.15) is 0 Å². The molecule has 37 heavy (non-hydrogen) atoms. The van der Waals surface area contributed by atoms with Crippen LogP contribution in [0.15, 0.2) is 91.0 Å². The summed E-state index contributed by atoms with van der Waals surface area (Å²) in [7, 11) is 0. The van der Waals surface area contributed by atoms with E-state index < -0.39 is 42.6 Å². The van der Waals surface area contributed by atoms with Crippen molar-refractivity contribution in [2.24, 2.45) is 0 Å². The highest BCUT2D eigenvalue weighted by Gasteiger charge is 2.41. The maximum atomic E-state index is 12.6. The molecule has 1 amide bonds. The number of benzene rings is 3. The molecule has 1 aliphatic heterocycles. The summed E-state index contributed by atoms with van der Waals surface area (Å²) in [4.78, 5) is 37.5. The molecule has 0 radical (unpaired) electrons. The largest absolute Gasteiger partial charge is 0.459 e. The average Bonchev–Trinajstić information content (AvgIpc) is 2.94. The van der Waals surface area contributed by atoms with Gasteiger partial charge in [-0.25, -0.2) is 14.4 Å². The molecule has 192 valence electrons. The second kappa shape index (κ2) is 12.7. The Hall–Kier alpha value is -4.21. The molecule has 1 fully saturated rings. The number of carbonyl (C=O) groups is 3. The molecule has 1 heterocycles. The predicted octanol–water partition coefficient (Wildman–Crippen LogP) is 3.47. The lowest BCUT2D eigenvalue weighted by Crippen LogP contribution is -2.57. The minimum atomic E-state index is -1.49. The van der Waals surface area contributed by atoms with Crippen LogP contribution in [-0.4, -0.2) is 54.3 Å². The van der Waals surface area contributed by atoms with Crippen LogP contribution in [0.2, 0.25) is 0 Å². The number of alkyl carbamates (subject to hydrolysis) is 1. The Balaban J connectivity index is 1.41. The van der Waals surface area contributed by atoms with Crippen LogP contribution in [0, 0.1) is 0 Å². The van der Waals surface area contributed by atoms with E-state index in [0.717, 1.165) is 5.56 Å². The van der Waals surface area contributed by atoms with Gasteiger partial charge in [0, 0.05) is 6.42 Å². The predicted molar refractivity (Wildman–Crippen MR) is 131 cm³/mol. The highest BCUT2D eigenvalue weighted by atomic mass is 16.7. The maximum absolute atomic E-state index is 12.6. The Morgan fingerprint density at radius 3 is 2.00 bits per heavy atom. The number of hydrogen-bond donors (Lipinski definition) is 2. The van der Waals surface area contributed by atoms with E-state index in [1.54, 1.807) is 60.7 Å². The van der Waals surface area contributed by atoms with Crippen LogP contribution >= 0.6 is 0 Å². The number of aliphatic hydroxyl groups is 1. The summed E-state index contributed by atoms with van der Waals surface area (Å²) < 4.78 is 21.8. The monoisotopic (exact) mass is 505 g/mol. The third-order valence-electron chi connectivity index (χ3n) is 5.74. The van der Waals surface area contributed by atoms with Crippen molar-refractivity contribution >= 4 is 18.0 Å². The summed E-state index contributed by atoms with van der Waals surface area (Å²) >= 11 is 0. The Labute approximate surface area is 213 Å². The molecule has 2 unspecified atom stereocenters. The summed E-state index contributed by atoms with van der Waals surface area (Å²) in [6, 6.07) is 25.1. The number of amides is 1. The quantitative estimate of drug-likeness (QED) is 0.353. The van der Waals surface area contributed by atoms with E-state index in [1.165, 1.54) is 0 Å². The van der Waals surface area contributed by atoms with E-state index in [0.29, 0.717) is 11.1 Å². The molecular weight excluding hydrogens is 478 g/mol.